The fourth-order valence-electron chi connectivity index (χ4n) is 3.60. The molecule has 34 heavy (non-hydrogen) atoms. The molecule has 1 heterocycles. The first-order valence-electron chi connectivity index (χ1n) is 11.1. The second-order valence-corrected chi connectivity index (χ2v) is 7.90. The van der Waals surface area contributed by atoms with E-state index in [2.05, 4.69) is 4.98 Å². The van der Waals surface area contributed by atoms with E-state index in [9.17, 15) is 14.4 Å². The highest BCUT2D eigenvalue weighted by atomic mass is 16.5. The molecule has 0 aliphatic carbocycles. The normalized spacial score (nSPS) is 10.7. The lowest BCUT2D eigenvalue weighted by Crippen LogP contribution is -2.42. The summed E-state index contributed by atoms with van der Waals surface area (Å²) in [4.78, 5) is 42.2. The maximum absolute atomic E-state index is 13.4. The van der Waals surface area contributed by atoms with E-state index in [0.717, 1.165) is 12.0 Å². The van der Waals surface area contributed by atoms with Gasteiger partial charge in [0.25, 0.3) is 11.5 Å². The van der Waals surface area contributed by atoms with Crippen molar-refractivity contribution in [3.8, 4) is 11.5 Å². The van der Waals surface area contributed by atoms with Gasteiger partial charge in [0.1, 0.15) is 17.3 Å². The van der Waals surface area contributed by atoms with Crippen molar-refractivity contribution in [2.24, 2.45) is 0 Å². The molecule has 3 aromatic rings. The van der Waals surface area contributed by atoms with Crippen LogP contribution in [-0.2, 0) is 17.9 Å². The van der Waals surface area contributed by atoms with Gasteiger partial charge in [0.2, 0.25) is 0 Å². The molecule has 1 aromatic heterocycles. The molecule has 0 atom stereocenters. The van der Waals surface area contributed by atoms with E-state index in [1.807, 2.05) is 32.0 Å². The topological polar surface area (TPSA) is 120 Å². The fraction of sp³-hybridized carbons (Fsp3) is 0.320. The van der Waals surface area contributed by atoms with Crippen LogP contribution in [0.3, 0.4) is 0 Å². The van der Waals surface area contributed by atoms with Crippen molar-refractivity contribution in [3.63, 3.8) is 0 Å². The Bertz CT molecular complexity index is 1260. The molecule has 0 aliphatic heterocycles. The summed E-state index contributed by atoms with van der Waals surface area (Å²) in [7, 11) is 1.53. The number of aryl methyl sites for hydroxylation is 1. The second kappa shape index (κ2) is 11.2. The molecule has 0 saturated carbocycles. The van der Waals surface area contributed by atoms with E-state index in [1.165, 1.54) is 16.6 Å². The third kappa shape index (κ3) is 5.67. The number of nitrogens with two attached hydrogens (primary N) is 1. The first kappa shape index (κ1) is 24.6. The highest BCUT2D eigenvalue weighted by Gasteiger charge is 2.26. The van der Waals surface area contributed by atoms with Crippen LogP contribution in [0.15, 0.2) is 58.1 Å². The smallest absolute Gasteiger partial charge is 0.330 e. The van der Waals surface area contributed by atoms with Crippen LogP contribution in [0.5, 0.6) is 11.5 Å². The fourth-order valence-corrected chi connectivity index (χ4v) is 3.60. The van der Waals surface area contributed by atoms with E-state index >= 15 is 0 Å². The standard InChI is InChI=1S/C25H30N4O5/c1-4-5-13-28-23(26)22(24(31)27-25(28)32)29(15-18-10-6-7-12-20(18)33-3)21(30)16-34-19-11-8-9-17(2)14-19/h6-12,14H,4-5,13,15-16,26H2,1-3H3,(H,27,31,32). The summed E-state index contributed by atoms with van der Waals surface area (Å²) >= 11 is 0. The van der Waals surface area contributed by atoms with E-state index < -0.39 is 17.2 Å². The van der Waals surface area contributed by atoms with E-state index in [1.54, 1.807) is 30.3 Å². The largest absolute Gasteiger partial charge is 0.496 e. The summed E-state index contributed by atoms with van der Waals surface area (Å²) in [5, 5.41) is 0. The van der Waals surface area contributed by atoms with Crippen LogP contribution < -0.4 is 31.4 Å². The van der Waals surface area contributed by atoms with Crippen molar-refractivity contribution in [2.45, 2.75) is 39.8 Å². The van der Waals surface area contributed by atoms with Gasteiger partial charge in [0.05, 0.1) is 13.7 Å². The summed E-state index contributed by atoms with van der Waals surface area (Å²) in [5.41, 5.74) is 6.49. The van der Waals surface area contributed by atoms with Crippen molar-refractivity contribution in [2.75, 3.05) is 24.4 Å². The second-order valence-electron chi connectivity index (χ2n) is 7.90. The Kier molecular flexibility index (Phi) is 8.13. The zero-order valence-corrected chi connectivity index (χ0v) is 19.7. The molecular weight excluding hydrogens is 436 g/mol. The van der Waals surface area contributed by atoms with E-state index in [0.29, 0.717) is 30.0 Å². The molecule has 0 aliphatic rings. The molecule has 0 bridgehead atoms. The van der Waals surface area contributed by atoms with Crippen molar-refractivity contribution in [3.05, 3.63) is 80.5 Å². The molecule has 0 radical (unpaired) electrons. The summed E-state index contributed by atoms with van der Waals surface area (Å²) in [6.45, 7) is 3.89. The minimum atomic E-state index is -0.742. The number of nitrogen functional groups attached to an aromatic ring is 1. The molecular formula is C25H30N4O5. The van der Waals surface area contributed by atoms with E-state index in [4.69, 9.17) is 15.2 Å². The van der Waals surface area contributed by atoms with Crippen LogP contribution in [0.2, 0.25) is 0 Å². The Hall–Kier alpha value is -4.01. The number of hydrogen-bond acceptors (Lipinski definition) is 6. The number of unbranched alkanes of at least 4 members (excludes halogenated alkanes) is 1. The average molecular weight is 467 g/mol. The number of nitrogens with one attached hydrogen (secondary N) is 1. The first-order valence-corrected chi connectivity index (χ1v) is 11.1. The predicted octanol–water partition coefficient (Wildman–Crippen LogP) is 2.85. The number of H-pyrrole nitrogens is 1. The Balaban J connectivity index is 2.03. The number of nitrogens with zero attached hydrogens (tertiary/aromatic N) is 2. The van der Waals surface area contributed by atoms with Gasteiger partial charge in [-0.05, 0) is 37.1 Å². The molecule has 0 fully saturated rings. The number of aromatic nitrogens is 2. The lowest BCUT2D eigenvalue weighted by Gasteiger charge is -2.25. The summed E-state index contributed by atoms with van der Waals surface area (Å²) in [5.74, 6) is 0.515. The molecule has 0 saturated heterocycles. The number of carbonyl (C=O) groups is 1. The van der Waals surface area contributed by atoms with Crippen molar-refractivity contribution in [1.82, 2.24) is 9.55 Å². The zero-order valence-electron chi connectivity index (χ0n) is 19.7. The molecule has 2 aromatic carbocycles. The Morgan fingerprint density at radius 3 is 2.62 bits per heavy atom. The summed E-state index contributed by atoms with van der Waals surface area (Å²) in [6.07, 6.45) is 1.51. The lowest BCUT2D eigenvalue weighted by atomic mass is 10.1. The number of rotatable bonds is 10. The van der Waals surface area contributed by atoms with Crippen molar-refractivity contribution in [1.29, 1.82) is 0 Å². The SMILES string of the molecule is CCCCn1c(N)c(N(Cc2ccccc2OC)C(=O)COc2cccc(C)c2)c(=O)[nH]c1=O. The zero-order chi connectivity index (χ0) is 24.7. The monoisotopic (exact) mass is 466 g/mol. The maximum Gasteiger partial charge on any atom is 0.330 e. The first-order chi connectivity index (χ1) is 16.3. The van der Waals surface area contributed by atoms with Gasteiger partial charge >= 0.3 is 5.69 Å². The number of anilines is 2. The van der Waals surface area contributed by atoms with Crippen LogP contribution in [0, 0.1) is 6.92 Å². The number of hydrogen-bond donors (Lipinski definition) is 2. The number of amides is 1. The van der Waals surface area contributed by atoms with Gasteiger partial charge in [-0.2, -0.15) is 0 Å². The van der Waals surface area contributed by atoms with Gasteiger partial charge in [0, 0.05) is 12.1 Å². The van der Waals surface area contributed by atoms with Gasteiger partial charge < -0.3 is 15.2 Å². The van der Waals surface area contributed by atoms with Crippen molar-refractivity contribution < 1.29 is 14.3 Å². The molecule has 180 valence electrons. The third-order valence-corrected chi connectivity index (χ3v) is 5.39. The van der Waals surface area contributed by atoms with Gasteiger partial charge in [-0.15, -0.1) is 0 Å². The number of carbonyl (C=O) groups excluding carboxylic acids is 1. The number of benzene rings is 2. The lowest BCUT2D eigenvalue weighted by molar-refractivity contribution is -0.120. The van der Waals surface area contributed by atoms with Gasteiger partial charge in [-0.3, -0.25) is 24.0 Å². The number of ether oxygens (including phenoxy) is 2. The van der Waals surface area contributed by atoms with Crippen LogP contribution >= 0.6 is 0 Å². The van der Waals surface area contributed by atoms with Crippen LogP contribution in [0.4, 0.5) is 11.5 Å². The average Bonchev–Trinajstić information content (AvgIpc) is 2.82. The molecule has 1 amide bonds. The van der Waals surface area contributed by atoms with Gasteiger partial charge in [0.15, 0.2) is 12.3 Å². The number of aromatic amines is 1. The molecule has 3 N–H and O–H groups in total. The Labute approximate surface area is 197 Å². The maximum atomic E-state index is 13.4. The highest BCUT2D eigenvalue weighted by Crippen LogP contribution is 2.25. The molecule has 9 heteroatoms. The third-order valence-electron chi connectivity index (χ3n) is 5.39. The van der Waals surface area contributed by atoms with Gasteiger partial charge in [-0.1, -0.05) is 43.7 Å². The van der Waals surface area contributed by atoms with Crippen LogP contribution in [-0.4, -0.2) is 29.2 Å². The predicted molar refractivity (Wildman–Crippen MR) is 132 cm³/mol. The van der Waals surface area contributed by atoms with Gasteiger partial charge in [-0.25, -0.2) is 4.79 Å². The minimum Gasteiger partial charge on any atom is -0.496 e. The molecule has 3 rings (SSSR count). The molecule has 9 nitrogen and oxygen atoms in total. The molecule has 0 spiro atoms. The number of methoxy groups -OCH3 is 1. The van der Waals surface area contributed by atoms with Crippen molar-refractivity contribution >= 4 is 17.4 Å². The Morgan fingerprint density at radius 1 is 1.15 bits per heavy atom. The molecule has 0 unspecified atom stereocenters. The highest BCUT2D eigenvalue weighted by molar-refractivity contribution is 5.96. The van der Waals surface area contributed by atoms with Crippen LogP contribution in [0.1, 0.15) is 30.9 Å². The summed E-state index contributed by atoms with van der Waals surface area (Å²) < 4.78 is 12.4. The minimum absolute atomic E-state index is 0.000709. The van der Waals surface area contributed by atoms with Crippen LogP contribution in [0.25, 0.3) is 0 Å². The number of para-hydroxylation sites is 1. The summed E-state index contributed by atoms with van der Waals surface area (Å²) in [6, 6.07) is 14.5. The Morgan fingerprint density at radius 2 is 1.91 bits per heavy atom. The quantitative estimate of drug-likeness (QED) is 0.474. The van der Waals surface area contributed by atoms with E-state index in [-0.39, 0.29) is 24.7 Å².